The summed E-state index contributed by atoms with van der Waals surface area (Å²) in [6, 6.07) is 24.2. The molecule has 1 atom stereocenters. The Balaban J connectivity index is 1.58. The Hall–Kier alpha value is -4.61. The van der Waals surface area contributed by atoms with E-state index >= 15 is 0 Å². The van der Waals surface area contributed by atoms with Crippen molar-refractivity contribution in [2.75, 3.05) is 25.1 Å². The van der Waals surface area contributed by atoms with E-state index in [9.17, 15) is 22.4 Å². The summed E-state index contributed by atoms with van der Waals surface area (Å²) in [6.07, 6.45) is 4.95. The van der Waals surface area contributed by atoms with Crippen molar-refractivity contribution < 1.29 is 31.9 Å². The van der Waals surface area contributed by atoms with Crippen LogP contribution >= 0.6 is 11.6 Å². The molecule has 12 heteroatoms. The van der Waals surface area contributed by atoms with Crippen LogP contribution in [0.25, 0.3) is 0 Å². The largest absolute Gasteiger partial charge is 0.493 e. The van der Waals surface area contributed by atoms with E-state index in [1.54, 1.807) is 24.3 Å². The molecule has 0 aliphatic heterocycles. The minimum Gasteiger partial charge on any atom is -0.493 e. The Morgan fingerprint density at radius 2 is 1.54 bits per heavy atom. The van der Waals surface area contributed by atoms with Gasteiger partial charge in [0.25, 0.3) is 10.0 Å². The van der Waals surface area contributed by atoms with Crippen molar-refractivity contribution in [2.45, 2.75) is 62.0 Å². The maximum Gasteiger partial charge on any atom is 0.264 e. The van der Waals surface area contributed by atoms with E-state index in [0.717, 1.165) is 54.1 Å². The van der Waals surface area contributed by atoms with E-state index in [2.05, 4.69) is 5.32 Å². The number of carbonyl (C=O) groups is 2. The van der Waals surface area contributed by atoms with Gasteiger partial charge in [0.15, 0.2) is 11.5 Å². The number of carbonyl (C=O) groups excluding carboxylic acids is 2. The van der Waals surface area contributed by atoms with E-state index in [1.807, 2.05) is 30.3 Å². The summed E-state index contributed by atoms with van der Waals surface area (Å²) in [5.41, 5.74) is 1.46. The average Bonchev–Trinajstić information content (AvgIpc) is 3.13. The maximum absolute atomic E-state index is 14.7. The molecule has 0 spiro atoms. The van der Waals surface area contributed by atoms with Crippen molar-refractivity contribution in [1.82, 2.24) is 10.2 Å². The van der Waals surface area contributed by atoms with E-state index in [-0.39, 0.29) is 41.2 Å². The third-order valence-electron chi connectivity index (χ3n) is 8.86. The summed E-state index contributed by atoms with van der Waals surface area (Å²) in [5.74, 6) is -1.09. The number of rotatable bonds is 14. The van der Waals surface area contributed by atoms with Crippen LogP contribution in [0.4, 0.5) is 10.1 Å². The number of benzene rings is 4. The van der Waals surface area contributed by atoms with Gasteiger partial charge in [0.1, 0.15) is 18.4 Å². The molecule has 50 heavy (non-hydrogen) atoms. The predicted octanol–water partition coefficient (Wildman–Crippen LogP) is 6.78. The minimum atomic E-state index is -4.46. The predicted molar refractivity (Wildman–Crippen MR) is 191 cm³/mol. The van der Waals surface area contributed by atoms with Gasteiger partial charge in [0.2, 0.25) is 11.8 Å². The molecule has 0 aromatic heterocycles. The molecule has 5 rings (SSSR count). The zero-order valence-corrected chi connectivity index (χ0v) is 29.6. The van der Waals surface area contributed by atoms with Crippen molar-refractivity contribution in [1.29, 1.82) is 0 Å². The monoisotopic (exact) mass is 721 g/mol. The van der Waals surface area contributed by atoms with Crippen molar-refractivity contribution in [3.8, 4) is 11.5 Å². The van der Waals surface area contributed by atoms with E-state index in [4.69, 9.17) is 21.1 Å². The Kier molecular flexibility index (Phi) is 12.4. The molecule has 1 aliphatic carbocycles. The van der Waals surface area contributed by atoms with Crippen LogP contribution in [0, 0.1) is 5.82 Å². The minimum absolute atomic E-state index is 0.0343. The van der Waals surface area contributed by atoms with Crippen LogP contribution in [0.1, 0.15) is 43.2 Å². The van der Waals surface area contributed by atoms with E-state index in [1.165, 1.54) is 49.5 Å². The number of halogens is 2. The molecule has 264 valence electrons. The normalized spacial score (nSPS) is 14.0. The fourth-order valence-electron chi connectivity index (χ4n) is 6.15. The highest BCUT2D eigenvalue weighted by Gasteiger charge is 2.36. The number of methoxy groups -OCH3 is 2. The lowest BCUT2D eigenvalue weighted by Crippen LogP contribution is -2.55. The van der Waals surface area contributed by atoms with Gasteiger partial charge in [0, 0.05) is 30.1 Å². The molecular formula is C38H41ClFN3O6S. The lowest BCUT2D eigenvalue weighted by atomic mass is 9.94. The fraction of sp³-hybridized carbons (Fsp3) is 0.316. The number of hydrogen-bond donors (Lipinski definition) is 1. The molecule has 9 nitrogen and oxygen atoms in total. The van der Waals surface area contributed by atoms with Gasteiger partial charge in [-0.05, 0) is 66.4 Å². The van der Waals surface area contributed by atoms with Gasteiger partial charge in [0.05, 0.1) is 24.8 Å². The van der Waals surface area contributed by atoms with Crippen LogP contribution in [-0.2, 0) is 32.6 Å². The summed E-state index contributed by atoms with van der Waals surface area (Å²) < 4.78 is 54.4. The van der Waals surface area contributed by atoms with Crippen LogP contribution in [0.5, 0.6) is 11.5 Å². The topological polar surface area (TPSA) is 105 Å². The molecule has 4 aromatic carbocycles. The summed E-state index contributed by atoms with van der Waals surface area (Å²) in [4.78, 5) is 30.2. The molecule has 2 amide bonds. The van der Waals surface area contributed by atoms with Gasteiger partial charge in [-0.1, -0.05) is 79.4 Å². The van der Waals surface area contributed by atoms with Gasteiger partial charge in [-0.25, -0.2) is 12.8 Å². The molecule has 4 aromatic rings. The van der Waals surface area contributed by atoms with Crippen molar-refractivity contribution >= 4 is 39.1 Å². The number of nitrogens with one attached hydrogen (secondary N) is 1. The second kappa shape index (κ2) is 16.9. The smallest absolute Gasteiger partial charge is 0.264 e. The summed E-state index contributed by atoms with van der Waals surface area (Å²) in [7, 11) is -1.65. The molecule has 1 unspecified atom stereocenters. The Bertz CT molecular complexity index is 1870. The Morgan fingerprint density at radius 1 is 0.880 bits per heavy atom. The van der Waals surface area contributed by atoms with Crippen molar-refractivity contribution in [3.63, 3.8) is 0 Å². The summed E-state index contributed by atoms with van der Waals surface area (Å²) >= 11 is 6.59. The Morgan fingerprint density at radius 3 is 2.20 bits per heavy atom. The van der Waals surface area contributed by atoms with Crippen LogP contribution in [0.3, 0.4) is 0 Å². The summed E-state index contributed by atoms with van der Waals surface area (Å²) in [5, 5.41) is 3.57. The summed E-state index contributed by atoms with van der Waals surface area (Å²) in [6.45, 7) is -0.767. The second-order valence-electron chi connectivity index (χ2n) is 12.2. The maximum atomic E-state index is 14.7. The highest BCUT2D eigenvalue weighted by Crippen LogP contribution is 2.33. The van der Waals surface area contributed by atoms with Crippen LogP contribution in [0.2, 0.25) is 5.02 Å². The van der Waals surface area contributed by atoms with Gasteiger partial charge in [-0.2, -0.15) is 0 Å². The first kappa shape index (κ1) is 36.7. The first-order valence-electron chi connectivity index (χ1n) is 16.5. The van der Waals surface area contributed by atoms with Gasteiger partial charge >= 0.3 is 0 Å². The number of amides is 2. The molecule has 1 saturated carbocycles. The SMILES string of the molecule is COc1ccc(S(=O)(=O)N(CC(=O)N(Cc2ccccc2Cl)C(Cc2ccccc2)C(=O)NC2CCCCC2)c2ccc(F)cc2)cc1OC. The van der Waals surface area contributed by atoms with Crippen molar-refractivity contribution in [3.05, 3.63) is 119 Å². The lowest BCUT2D eigenvalue weighted by Gasteiger charge is -2.35. The number of hydrogen-bond acceptors (Lipinski definition) is 6. The molecule has 1 aliphatic rings. The van der Waals surface area contributed by atoms with Crippen LogP contribution in [0.15, 0.2) is 102 Å². The zero-order chi connectivity index (χ0) is 35.7. The average molecular weight is 722 g/mol. The quantitative estimate of drug-likeness (QED) is 0.154. The second-order valence-corrected chi connectivity index (χ2v) is 14.4. The third kappa shape index (κ3) is 8.94. The first-order chi connectivity index (χ1) is 24.1. The standard InChI is InChI=1S/C38H41ClFN3O6S/c1-48-35-22-21-32(24-36(35)49-2)50(46,47)43(31-19-17-29(40)18-20-31)26-37(44)42(25-28-13-9-10-16-33(28)39)34(23-27-11-5-3-6-12-27)38(45)41-30-14-7-4-8-15-30/h3,5-6,9-13,16-22,24,30,34H,4,7-8,14-15,23,25-26H2,1-2H3,(H,41,45). The highest BCUT2D eigenvalue weighted by atomic mass is 35.5. The van der Waals surface area contributed by atoms with Crippen LogP contribution in [-0.4, -0.2) is 58.0 Å². The van der Waals surface area contributed by atoms with Gasteiger partial charge in [-0.15, -0.1) is 0 Å². The van der Waals surface area contributed by atoms with Crippen molar-refractivity contribution in [2.24, 2.45) is 0 Å². The number of nitrogens with zero attached hydrogens (tertiary/aromatic N) is 2. The number of ether oxygens (including phenoxy) is 2. The molecule has 1 N–H and O–H groups in total. The third-order valence-corrected chi connectivity index (χ3v) is 11.0. The molecule has 0 saturated heterocycles. The van der Waals surface area contributed by atoms with E-state index in [0.29, 0.717) is 16.3 Å². The molecular weight excluding hydrogens is 681 g/mol. The zero-order valence-electron chi connectivity index (χ0n) is 28.1. The van der Waals surface area contributed by atoms with E-state index < -0.39 is 34.3 Å². The number of sulfonamides is 1. The molecule has 0 bridgehead atoms. The fourth-order valence-corrected chi connectivity index (χ4v) is 7.77. The molecule has 1 fully saturated rings. The molecule has 0 heterocycles. The lowest BCUT2D eigenvalue weighted by molar-refractivity contribution is -0.140. The van der Waals surface area contributed by atoms with Gasteiger partial charge < -0.3 is 19.7 Å². The van der Waals surface area contributed by atoms with Crippen LogP contribution < -0.4 is 19.1 Å². The highest BCUT2D eigenvalue weighted by molar-refractivity contribution is 7.92. The Labute approximate surface area is 298 Å². The first-order valence-corrected chi connectivity index (χ1v) is 18.3. The van der Waals surface area contributed by atoms with Gasteiger partial charge in [-0.3, -0.25) is 13.9 Å². The number of anilines is 1. The molecule has 0 radical (unpaired) electrons.